The van der Waals surface area contributed by atoms with Gasteiger partial charge in [-0.2, -0.15) is 0 Å². The van der Waals surface area contributed by atoms with Crippen molar-refractivity contribution in [2.45, 2.75) is 19.4 Å². The third-order valence-corrected chi connectivity index (χ3v) is 5.85. The first-order valence-corrected chi connectivity index (χ1v) is 9.46. The zero-order valence-electron chi connectivity index (χ0n) is 15.7. The molecule has 132 valence electrons. The van der Waals surface area contributed by atoms with Crippen molar-refractivity contribution in [2.75, 3.05) is 13.6 Å². The van der Waals surface area contributed by atoms with Crippen LogP contribution in [0, 0.1) is 19.3 Å². The number of hydrogen-bond acceptors (Lipinski definition) is 1. The summed E-state index contributed by atoms with van der Waals surface area (Å²) in [5.74, 6) is 2.91. The van der Waals surface area contributed by atoms with Gasteiger partial charge in [0.2, 0.25) is 0 Å². The van der Waals surface area contributed by atoms with Gasteiger partial charge in [-0.3, -0.25) is 4.90 Å². The minimum Gasteiger partial charge on any atom is -0.358 e. The van der Waals surface area contributed by atoms with E-state index in [2.05, 4.69) is 84.4 Å². The number of nitrogens with one attached hydrogen (secondary N) is 1. The van der Waals surface area contributed by atoms with E-state index in [-0.39, 0.29) is 6.04 Å². The van der Waals surface area contributed by atoms with E-state index in [9.17, 15) is 0 Å². The van der Waals surface area contributed by atoms with Crippen LogP contribution in [0.1, 0.15) is 39.6 Å². The van der Waals surface area contributed by atoms with Gasteiger partial charge >= 0.3 is 0 Å². The fraction of sp³-hybridized carbons (Fsp3) is 0.200. The molecule has 0 spiro atoms. The van der Waals surface area contributed by atoms with Crippen molar-refractivity contribution in [1.82, 2.24) is 9.88 Å². The van der Waals surface area contributed by atoms with Crippen LogP contribution in [-0.4, -0.2) is 23.5 Å². The molecule has 3 aromatic rings. The summed E-state index contributed by atoms with van der Waals surface area (Å²) in [5, 5.41) is 1.29. The van der Waals surface area contributed by atoms with Gasteiger partial charge in [-0.05, 0) is 54.4 Å². The average Bonchev–Trinajstić information content (AvgIpc) is 3.30. The second-order valence-corrected chi connectivity index (χ2v) is 7.61. The van der Waals surface area contributed by atoms with Crippen LogP contribution >= 0.6 is 0 Å². The predicted octanol–water partition coefficient (Wildman–Crippen LogP) is 5.21. The van der Waals surface area contributed by atoms with Gasteiger partial charge in [0, 0.05) is 35.1 Å². The summed E-state index contributed by atoms with van der Waals surface area (Å²) < 4.78 is 0. The molecular formula is C25H22N2. The summed E-state index contributed by atoms with van der Waals surface area (Å²) in [6.07, 6.45) is 13.4. The first-order valence-electron chi connectivity index (χ1n) is 9.46. The molecule has 2 aliphatic carbocycles. The molecule has 27 heavy (non-hydrogen) atoms. The van der Waals surface area contributed by atoms with E-state index >= 15 is 0 Å². The molecule has 0 amide bonds. The van der Waals surface area contributed by atoms with Gasteiger partial charge in [-0.25, -0.2) is 0 Å². The molecule has 2 aromatic carbocycles. The molecule has 0 saturated heterocycles. The number of hydrogen-bond donors (Lipinski definition) is 1. The number of aromatic nitrogens is 1. The third kappa shape index (κ3) is 2.47. The molecular weight excluding hydrogens is 328 g/mol. The summed E-state index contributed by atoms with van der Waals surface area (Å²) in [5.41, 5.74) is 10.7. The van der Waals surface area contributed by atoms with Gasteiger partial charge in [-0.1, -0.05) is 47.9 Å². The minimum absolute atomic E-state index is 0.106. The second-order valence-electron chi connectivity index (χ2n) is 7.61. The lowest BCUT2D eigenvalue weighted by atomic mass is 9.96. The number of rotatable bonds is 0. The van der Waals surface area contributed by atoms with Crippen LogP contribution in [0.15, 0.2) is 42.5 Å². The van der Waals surface area contributed by atoms with Gasteiger partial charge in [-0.15, -0.1) is 6.42 Å². The topological polar surface area (TPSA) is 19.0 Å². The maximum Gasteiger partial charge on any atom is 0.0989 e. The Labute approximate surface area is 160 Å². The Balaban J connectivity index is 0.000000135. The summed E-state index contributed by atoms with van der Waals surface area (Å²) in [6, 6.07) is 13.1. The minimum atomic E-state index is 0.106. The molecule has 3 aliphatic rings. The number of nitrogens with zero attached hydrogens (tertiary/aromatic N) is 1. The van der Waals surface area contributed by atoms with Crippen molar-refractivity contribution in [3.63, 3.8) is 0 Å². The Hall–Kier alpha value is -3.02. The van der Waals surface area contributed by atoms with Crippen LogP contribution in [0.5, 0.6) is 0 Å². The summed E-state index contributed by atoms with van der Waals surface area (Å²) in [4.78, 5) is 5.75. The van der Waals surface area contributed by atoms with Crippen LogP contribution in [0.2, 0.25) is 0 Å². The lowest BCUT2D eigenvalue weighted by Crippen LogP contribution is -2.30. The van der Waals surface area contributed by atoms with E-state index in [1.807, 2.05) is 0 Å². The quantitative estimate of drug-likeness (QED) is 0.552. The van der Waals surface area contributed by atoms with Crippen molar-refractivity contribution in [2.24, 2.45) is 0 Å². The van der Waals surface area contributed by atoms with Gasteiger partial charge in [0.05, 0.1) is 6.04 Å². The standard InChI is InChI=1S/C15H16N2.C10H6/c1-4-14-15-11-9-10(2)5-6-12(11)16-13(15)7-8-17(14)3;1-2-7-6-8-4-5-10(7)9(8)3-1/h1,5-6,9,14,16H,7-8H2,2-3H3;1-6H. The van der Waals surface area contributed by atoms with E-state index in [4.69, 9.17) is 6.42 Å². The number of aryl methyl sites for hydroxylation is 1. The predicted molar refractivity (Wildman–Crippen MR) is 114 cm³/mol. The van der Waals surface area contributed by atoms with Crippen LogP contribution in [0.4, 0.5) is 0 Å². The average molecular weight is 350 g/mol. The second kappa shape index (κ2) is 6.01. The SMILES string of the molecule is C#CC1c2c([nH]c3ccc(C)cc23)CCN1C.C1=Cc2c3cccc2C1=C3. The molecule has 2 heterocycles. The van der Waals surface area contributed by atoms with Gasteiger partial charge in [0.25, 0.3) is 0 Å². The highest BCUT2D eigenvalue weighted by Gasteiger charge is 2.26. The van der Waals surface area contributed by atoms with Crippen molar-refractivity contribution in [1.29, 1.82) is 0 Å². The van der Waals surface area contributed by atoms with Crippen LogP contribution in [-0.2, 0) is 6.42 Å². The largest absolute Gasteiger partial charge is 0.358 e. The first-order chi connectivity index (χ1) is 13.2. The molecule has 0 radical (unpaired) electrons. The smallest absolute Gasteiger partial charge is 0.0989 e. The first kappa shape index (κ1) is 16.2. The zero-order chi connectivity index (χ0) is 18.5. The summed E-state index contributed by atoms with van der Waals surface area (Å²) in [6.45, 7) is 3.14. The maximum absolute atomic E-state index is 5.69. The Bertz CT molecular complexity index is 1170. The number of H-pyrrole nitrogens is 1. The molecule has 0 fully saturated rings. The van der Waals surface area contributed by atoms with Crippen molar-refractivity contribution >= 4 is 28.6 Å². The number of likely N-dealkylation sites (N-methyl/N-ethyl adjacent to an activating group) is 1. The monoisotopic (exact) mass is 350 g/mol. The fourth-order valence-corrected chi connectivity index (χ4v) is 4.44. The normalized spacial score (nSPS) is 18.7. The van der Waals surface area contributed by atoms with Crippen molar-refractivity contribution in [3.8, 4) is 12.3 Å². The summed E-state index contributed by atoms with van der Waals surface area (Å²) >= 11 is 0. The van der Waals surface area contributed by atoms with Gasteiger partial charge in [0.1, 0.15) is 0 Å². The summed E-state index contributed by atoms with van der Waals surface area (Å²) in [7, 11) is 2.10. The molecule has 1 atom stereocenters. The Kier molecular flexibility index (Phi) is 3.60. The molecule has 2 heteroatoms. The molecule has 2 nitrogen and oxygen atoms in total. The molecule has 1 N–H and O–H groups in total. The van der Waals surface area contributed by atoms with Crippen LogP contribution < -0.4 is 0 Å². The van der Waals surface area contributed by atoms with E-state index in [1.54, 1.807) is 0 Å². The highest BCUT2D eigenvalue weighted by Crippen LogP contribution is 2.39. The Morgan fingerprint density at radius 1 is 1.19 bits per heavy atom. The molecule has 4 bridgehead atoms. The van der Waals surface area contributed by atoms with Gasteiger partial charge < -0.3 is 4.98 Å². The number of aromatic amines is 1. The fourth-order valence-electron chi connectivity index (χ4n) is 4.44. The lowest BCUT2D eigenvalue weighted by molar-refractivity contribution is 0.280. The van der Waals surface area contributed by atoms with E-state index in [1.165, 1.54) is 50.0 Å². The lowest BCUT2D eigenvalue weighted by Gasteiger charge is -2.29. The van der Waals surface area contributed by atoms with Crippen molar-refractivity contribution in [3.05, 3.63) is 76.0 Å². The molecule has 1 aromatic heterocycles. The van der Waals surface area contributed by atoms with Crippen LogP contribution in [0.25, 0.3) is 28.6 Å². The molecule has 1 unspecified atom stereocenters. The van der Waals surface area contributed by atoms with E-state index < -0.39 is 0 Å². The number of terminal acetylenes is 1. The highest BCUT2D eigenvalue weighted by atomic mass is 15.1. The Morgan fingerprint density at radius 3 is 2.85 bits per heavy atom. The molecule has 1 aliphatic heterocycles. The van der Waals surface area contributed by atoms with E-state index in [0.29, 0.717) is 0 Å². The number of fused-ring (bicyclic) bond motifs is 3. The number of allylic oxidation sites excluding steroid dienone is 2. The Morgan fingerprint density at radius 2 is 2.07 bits per heavy atom. The van der Waals surface area contributed by atoms with E-state index in [0.717, 1.165) is 13.0 Å². The zero-order valence-corrected chi connectivity index (χ0v) is 15.7. The van der Waals surface area contributed by atoms with Crippen molar-refractivity contribution < 1.29 is 0 Å². The third-order valence-electron chi connectivity index (χ3n) is 5.85. The number of benzene rings is 2. The van der Waals surface area contributed by atoms with Crippen LogP contribution in [0.3, 0.4) is 0 Å². The molecule has 6 rings (SSSR count). The maximum atomic E-state index is 5.69. The van der Waals surface area contributed by atoms with Gasteiger partial charge in [0.15, 0.2) is 0 Å². The highest BCUT2D eigenvalue weighted by molar-refractivity contribution is 6.05. The molecule has 0 saturated carbocycles.